The summed E-state index contributed by atoms with van der Waals surface area (Å²) in [6, 6.07) is 13.5. The zero-order valence-corrected chi connectivity index (χ0v) is 23.6. The van der Waals surface area contributed by atoms with Gasteiger partial charge in [-0.05, 0) is 55.4 Å². The van der Waals surface area contributed by atoms with Crippen molar-refractivity contribution in [1.82, 2.24) is 15.6 Å². The highest BCUT2D eigenvalue weighted by Crippen LogP contribution is 2.52. The van der Waals surface area contributed by atoms with Crippen molar-refractivity contribution in [2.24, 2.45) is 0 Å². The maximum Gasteiger partial charge on any atom is 0.251 e. The quantitative estimate of drug-likeness (QED) is 0.204. The number of hydrogen-bond donors (Lipinski definition) is 6. The van der Waals surface area contributed by atoms with E-state index in [0.717, 1.165) is 41.3 Å². The van der Waals surface area contributed by atoms with Crippen molar-refractivity contribution in [2.45, 2.75) is 76.5 Å². The third-order valence-corrected chi connectivity index (χ3v) is 10.1. The van der Waals surface area contributed by atoms with Crippen LogP contribution in [-0.2, 0) is 12.8 Å². The van der Waals surface area contributed by atoms with Gasteiger partial charge in [0.2, 0.25) is 0 Å². The number of aliphatic hydroxyl groups is 1. The molecule has 1 aliphatic heterocycles. The van der Waals surface area contributed by atoms with Crippen LogP contribution in [0.25, 0.3) is 10.9 Å². The van der Waals surface area contributed by atoms with Crippen molar-refractivity contribution in [2.75, 3.05) is 23.1 Å². The average molecular weight is 555 g/mol. The molecule has 212 valence electrons. The molecule has 2 aromatic carbocycles. The minimum Gasteiger partial charge on any atom is -0.390 e. The highest BCUT2D eigenvalue weighted by Gasteiger charge is 2.32. The van der Waals surface area contributed by atoms with Crippen LogP contribution in [0.3, 0.4) is 0 Å². The summed E-state index contributed by atoms with van der Waals surface area (Å²) in [5, 5.41) is 18.8. The van der Waals surface area contributed by atoms with Gasteiger partial charge in [0.05, 0.1) is 29.1 Å². The monoisotopic (exact) mass is 554 g/mol. The van der Waals surface area contributed by atoms with E-state index in [-0.39, 0.29) is 5.91 Å². The molecule has 2 aliphatic rings. The van der Waals surface area contributed by atoms with Crippen molar-refractivity contribution in [3.63, 3.8) is 0 Å². The molecular formula is C30H42N4O4S. The third kappa shape index (κ3) is 6.44. The number of aromatic nitrogens is 1. The number of rotatable bonds is 10. The van der Waals surface area contributed by atoms with Gasteiger partial charge >= 0.3 is 0 Å². The molecule has 2 fully saturated rings. The number of nitrogens with zero attached hydrogens (tertiary/aromatic N) is 1. The Bertz CT molecular complexity index is 1260. The first-order valence-corrected chi connectivity index (χ1v) is 16.0. The molecule has 2 heterocycles. The van der Waals surface area contributed by atoms with E-state index in [2.05, 4.69) is 22.5 Å². The second-order valence-electron chi connectivity index (χ2n) is 11.0. The maximum absolute atomic E-state index is 13.8. The highest BCUT2D eigenvalue weighted by molar-refractivity contribution is 8.25. The molecule has 0 radical (unpaired) electrons. The summed E-state index contributed by atoms with van der Waals surface area (Å²) in [6.07, 6.45) is 9.07. The fourth-order valence-corrected chi connectivity index (χ4v) is 7.58. The number of carbonyl (C=O) groups is 1. The average Bonchev–Trinajstić information content (AvgIpc) is 3.53. The van der Waals surface area contributed by atoms with Gasteiger partial charge in [0.25, 0.3) is 5.91 Å². The SMILES string of the molecule is CCc1c[nH]c2c(N3CCCS3(O)O)cc(C(=O)N[C@@H](Cc3ccccc3)[C@@H](O)CNC3CCCCC3)cc12. The normalized spacial score (nSPS) is 20.2. The zero-order valence-electron chi connectivity index (χ0n) is 22.7. The second kappa shape index (κ2) is 12.3. The standard InChI is InChI=1S/C30H42N4O4S/c1-2-22-19-32-29-25(22)17-23(18-27(29)34-14-9-15-39(34,37)38)30(36)33-26(16-21-10-5-3-6-11-21)28(35)20-31-24-12-7-4-8-13-24/h3,5-6,10-11,17-19,24,26,28,31-32,35,37-38H,2,4,7-9,12-16,20H2,1H3,(H,33,36)/t26-,28-/m0/s1. The summed E-state index contributed by atoms with van der Waals surface area (Å²) in [4.78, 5) is 17.1. The van der Waals surface area contributed by atoms with Crippen LogP contribution in [0.2, 0.25) is 0 Å². The number of anilines is 1. The topological polar surface area (TPSA) is 121 Å². The van der Waals surface area contributed by atoms with Crippen LogP contribution < -0.4 is 14.9 Å². The minimum atomic E-state index is -2.93. The van der Waals surface area contributed by atoms with Gasteiger partial charge in [0.1, 0.15) is 0 Å². The van der Waals surface area contributed by atoms with Crippen LogP contribution >= 0.6 is 10.8 Å². The highest BCUT2D eigenvalue weighted by atomic mass is 32.3. The largest absolute Gasteiger partial charge is 0.390 e. The van der Waals surface area contributed by atoms with E-state index in [1.54, 1.807) is 10.4 Å². The van der Waals surface area contributed by atoms with Crippen LogP contribution in [0.4, 0.5) is 5.69 Å². The van der Waals surface area contributed by atoms with Crippen LogP contribution in [0, 0.1) is 0 Å². The summed E-state index contributed by atoms with van der Waals surface area (Å²) in [7, 11) is -2.93. The molecule has 8 nitrogen and oxygen atoms in total. The first-order valence-electron chi connectivity index (χ1n) is 14.3. The Kier molecular flexibility index (Phi) is 8.83. The summed E-state index contributed by atoms with van der Waals surface area (Å²) in [5.41, 5.74) is 3.99. The number of hydrogen-bond acceptors (Lipinski definition) is 6. The van der Waals surface area contributed by atoms with E-state index in [0.29, 0.717) is 49.0 Å². The molecule has 39 heavy (non-hydrogen) atoms. The van der Waals surface area contributed by atoms with Crippen molar-refractivity contribution >= 4 is 33.3 Å². The molecule has 6 N–H and O–H groups in total. The van der Waals surface area contributed by atoms with Gasteiger partial charge in [-0.15, -0.1) is 10.8 Å². The van der Waals surface area contributed by atoms with E-state index in [9.17, 15) is 19.0 Å². The lowest BCUT2D eigenvalue weighted by Crippen LogP contribution is -2.50. The molecule has 5 rings (SSSR count). The van der Waals surface area contributed by atoms with Crippen LogP contribution in [0.15, 0.2) is 48.7 Å². The second-order valence-corrected chi connectivity index (χ2v) is 13.1. The Balaban J connectivity index is 1.41. The molecule has 3 aromatic rings. The first-order chi connectivity index (χ1) is 18.9. The number of aromatic amines is 1. The number of benzene rings is 2. The van der Waals surface area contributed by atoms with E-state index >= 15 is 0 Å². The Morgan fingerprint density at radius 3 is 2.59 bits per heavy atom. The van der Waals surface area contributed by atoms with E-state index in [4.69, 9.17) is 0 Å². The fraction of sp³-hybridized carbons (Fsp3) is 0.500. The van der Waals surface area contributed by atoms with E-state index < -0.39 is 22.9 Å². The molecule has 1 aromatic heterocycles. The number of amides is 1. The Labute approximate surface area is 232 Å². The number of carbonyl (C=O) groups excluding carboxylic acids is 1. The molecule has 0 spiro atoms. The number of aliphatic hydroxyl groups excluding tert-OH is 1. The van der Waals surface area contributed by atoms with Gasteiger partial charge in [-0.1, -0.05) is 56.5 Å². The number of H-pyrrole nitrogens is 1. The Morgan fingerprint density at radius 2 is 1.90 bits per heavy atom. The molecule has 2 atom stereocenters. The lowest BCUT2D eigenvalue weighted by Gasteiger charge is -2.38. The van der Waals surface area contributed by atoms with Gasteiger partial charge in [-0.25, -0.2) is 0 Å². The molecular weight excluding hydrogens is 512 g/mol. The van der Waals surface area contributed by atoms with Crippen molar-refractivity contribution in [1.29, 1.82) is 0 Å². The number of aryl methyl sites for hydroxylation is 1. The number of nitrogens with one attached hydrogen (secondary N) is 3. The lowest BCUT2D eigenvalue weighted by atomic mass is 9.94. The zero-order chi connectivity index (χ0) is 27.4. The summed E-state index contributed by atoms with van der Waals surface area (Å²) >= 11 is 0. The Hall–Kier alpha value is -2.56. The smallest absolute Gasteiger partial charge is 0.251 e. The summed E-state index contributed by atoms with van der Waals surface area (Å²) in [6.45, 7) is 2.99. The van der Waals surface area contributed by atoms with Crippen LogP contribution in [0.5, 0.6) is 0 Å². The van der Waals surface area contributed by atoms with Crippen molar-refractivity contribution < 1.29 is 19.0 Å². The molecule has 1 aliphatic carbocycles. The predicted molar refractivity (Wildman–Crippen MR) is 160 cm³/mol. The number of fused-ring (bicyclic) bond motifs is 1. The van der Waals surface area contributed by atoms with Crippen LogP contribution in [0.1, 0.15) is 66.9 Å². The fourth-order valence-electron chi connectivity index (χ4n) is 5.96. The molecule has 9 heteroatoms. The van der Waals surface area contributed by atoms with E-state index in [1.807, 2.05) is 42.6 Å². The van der Waals surface area contributed by atoms with Crippen LogP contribution in [-0.4, -0.2) is 62.1 Å². The Morgan fingerprint density at radius 1 is 1.13 bits per heavy atom. The summed E-state index contributed by atoms with van der Waals surface area (Å²) < 4.78 is 23.1. The van der Waals surface area contributed by atoms with Gasteiger partial charge < -0.3 is 20.7 Å². The van der Waals surface area contributed by atoms with Gasteiger partial charge in [-0.3, -0.25) is 18.2 Å². The minimum absolute atomic E-state index is 0.283. The van der Waals surface area contributed by atoms with E-state index in [1.165, 1.54) is 19.3 Å². The van der Waals surface area contributed by atoms with Gasteiger partial charge in [0, 0.05) is 36.3 Å². The molecule has 0 unspecified atom stereocenters. The molecule has 0 bridgehead atoms. The van der Waals surface area contributed by atoms with Gasteiger partial charge in [-0.2, -0.15) is 0 Å². The van der Waals surface area contributed by atoms with Crippen molar-refractivity contribution in [3.8, 4) is 0 Å². The van der Waals surface area contributed by atoms with Crippen molar-refractivity contribution in [3.05, 3.63) is 65.4 Å². The molecule has 1 amide bonds. The maximum atomic E-state index is 13.8. The lowest BCUT2D eigenvalue weighted by molar-refractivity contribution is 0.0821. The predicted octanol–water partition coefficient (Wildman–Crippen LogP) is 5.23. The third-order valence-electron chi connectivity index (χ3n) is 8.20. The molecule has 1 saturated carbocycles. The summed E-state index contributed by atoms with van der Waals surface area (Å²) in [5.74, 6) is 0.0423. The van der Waals surface area contributed by atoms with Gasteiger partial charge in [0.15, 0.2) is 0 Å². The molecule has 1 saturated heterocycles. The first kappa shape index (κ1) is 28.0.